The summed E-state index contributed by atoms with van der Waals surface area (Å²) >= 11 is 1.91. The number of carbonyl (C=O) groups is 1. The molecule has 0 radical (unpaired) electrons. The molecule has 0 aliphatic heterocycles. The molecule has 0 bridgehead atoms. The van der Waals surface area contributed by atoms with E-state index in [1.54, 1.807) is 19.1 Å². The van der Waals surface area contributed by atoms with Crippen LogP contribution in [0.2, 0.25) is 0 Å². The van der Waals surface area contributed by atoms with Crippen molar-refractivity contribution in [2.45, 2.75) is 57.2 Å². The lowest BCUT2D eigenvalue weighted by Gasteiger charge is -2.28. The number of hydrogen-bond acceptors (Lipinski definition) is 4. The molecule has 0 spiro atoms. The van der Waals surface area contributed by atoms with E-state index in [1.165, 1.54) is 30.0 Å². The molecule has 1 atom stereocenters. The largest absolute Gasteiger partial charge is 0.353 e. The van der Waals surface area contributed by atoms with Gasteiger partial charge in [-0.15, -0.1) is 0 Å². The minimum Gasteiger partial charge on any atom is -0.353 e. The van der Waals surface area contributed by atoms with E-state index in [4.69, 9.17) is 0 Å². The average molecular weight is 399 g/mol. The van der Waals surface area contributed by atoms with Gasteiger partial charge in [-0.3, -0.25) is 9.10 Å². The van der Waals surface area contributed by atoms with Gasteiger partial charge in [0.25, 0.3) is 0 Å². The lowest BCUT2D eigenvalue weighted by Crippen LogP contribution is -2.48. The predicted octanol–water partition coefficient (Wildman–Crippen LogP) is 3.20. The van der Waals surface area contributed by atoms with Gasteiger partial charge in [-0.05, 0) is 43.9 Å². The minimum absolute atomic E-state index is 0.262. The fourth-order valence-corrected chi connectivity index (χ4v) is 5.68. The summed E-state index contributed by atoms with van der Waals surface area (Å²) in [4.78, 5) is 12.5. The monoisotopic (exact) mass is 398 g/mol. The predicted molar refractivity (Wildman–Crippen MR) is 110 cm³/mol. The van der Waals surface area contributed by atoms with Gasteiger partial charge in [0.15, 0.2) is 0 Å². The number of thioether (sulfide) groups is 1. The molecule has 1 aliphatic carbocycles. The van der Waals surface area contributed by atoms with E-state index >= 15 is 0 Å². The summed E-state index contributed by atoms with van der Waals surface area (Å²) in [7, 11) is -3.56. The summed E-state index contributed by atoms with van der Waals surface area (Å²) < 4.78 is 25.8. The number of amides is 1. The number of hydrogen-bond donors (Lipinski definition) is 1. The molecule has 0 aromatic heterocycles. The number of nitrogens with zero attached hydrogens (tertiary/aromatic N) is 1. The van der Waals surface area contributed by atoms with Crippen molar-refractivity contribution in [1.29, 1.82) is 0 Å². The van der Waals surface area contributed by atoms with E-state index < -0.39 is 16.1 Å². The Morgan fingerprint density at radius 3 is 2.42 bits per heavy atom. The molecular formula is C19H30N2O3S2. The fourth-order valence-electron chi connectivity index (χ4n) is 3.29. The standard InChI is InChI=1S/C19H30N2O3S2/c1-4-16-9-11-17(12-10-16)21(26(3,23)24)15(2)19(22)20-13-14-25-18-7-5-6-8-18/h9-12,15,18H,4-8,13-14H2,1-3H3,(H,20,22)/t15-/m1/s1. The summed E-state index contributed by atoms with van der Waals surface area (Å²) in [6.07, 6.45) is 7.17. The molecule has 1 aromatic rings. The Balaban J connectivity index is 1.96. The summed E-state index contributed by atoms with van der Waals surface area (Å²) in [5.74, 6) is 0.606. The summed E-state index contributed by atoms with van der Waals surface area (Å²) in [5, 5.41) is 3.60. The van der Waals surface area contributed by atoms with E-state index in [1.807, 2.05) is 30.8 Å². The van der Waals surface area contributed by atoms with Crippen molar-refractivity contribution >= 4 is 33.4 Å². The zero-order valence-electron chi connectivity index (χ0n) is 15.9. The molecule has 146 valence electrons. The van der Waals surface area contributed by atoms with Crippen LogP contribution in [-0.2, 0) is 21.2 Å². The van der Waals surface area contributed by atoms with E-state index in [-0.39, 0.29) is 5.91 Å². The van der Waals surface area contributed by atoms with Crippen LogP contribution in [0.3, 0.4) is 0 Å². The van der Waals surface area contributed by atoms with Gasteiger partial charge in [0.1, 0.15) is 6.04 Å². The molecule has 1 fully saturated rings. The summed E-state index contributed by atoms with van der Waals surface area (Å²) in [6.45, 7) is 4.24. The molecule has 1 saturated carbocycles. The van der Waals surface area contributed by atoms with Crippen molar-refractivity contribution in [1.82, 2.24) is 5.32 Å². The van der Waals surface area contributed by atoms with Gasteiger partial charge in [-0.2, -0.15) is 11.8 Å². The lowest BCUT2D eigenvalue weighted by molar-refractivity contribution is -0.121. The van der Waals surface area contributed by atoms with Crippen LogP contribution in [0, 0.1) is 0 Å². The smallest absolute Gasteiger partial charge is 0.243 e. The Morgan fingerprint density at radius 1 is 1.27 bits per heavy atom. The SMILES string of the molecule is CCc1ccc(N([C@H](C)C(=O)NCCSC2CCCC2)S(C)(=O)=O)cc1. The molecule has 0 saturated heterocycles. The van der Waals surface area contributed by atoms with Gasteiger partial charge >= 0.3 is 0 Å². The number of rotatable bonds is 9. The first kappa shape index (κ1) is 21.1. The van der Waals surface area contributed by atoms with Gasteiger partial charge < -0.3 is 5.32 Å². The number of aryl methyl sites for hydroxylation is 1. The lowest BCUT2D eigenvalue weighted by atomic mass is 10.1. The second kappa shape index (κ2) is 9.65. The number of carbonyl (C=O) groups excluding carboxylic acids is 1. The van der Waals surface area contributed by atoms with Crippen LogP contribution in [0.25, 0.3) is 0 Å². The van der Waals surface area contributed by atoms with Gasteiger partial charge in [-0.25, -0.2) is 8.42 Å². The Kier molecular flexibility index (Phi) is 7.83. The molecule has 0 heterocycles. The van der Waals surface area contributed by atoms with Gasteiger partial charge in [0, 0.05) is 17.5 Å². The van der Waals surface area contributed by atoms with Crippen molar-refractivity contribution in [3.63, 3.8) is 0 Å². The molecule has 1 aromatic carbocycles. The van der Waals surface area contributed by atoms with Crippen LogP contribution < -0.4 is 9.62 Å². The second-order valence-electron chi connectivity index (χ2n) is 6.82. The molecule has 2 rings (SSSR count). The molecular weight excluding hydrogens is 368 g/mol. The molecule has 1 N–H and O–H groups in total. The maximum atomic E-state index is 12.5. The van der Waals surface area contributed by atoms with Crippen LogP contribution in [0.1, 0.15) is 45.1 Å². The number of nitrogens with one attached hydrogen (secondary N) is 1. The Hall–Kier alpha value is -1.21. The highest BCUT2D eigenvalue weighted by atomic mass is 32.2. The van der Waals surface area contributed by atoms with Crippen molar-refractivity contribution in [3.8, 4) is 0 Å². The maximum Gasteiger partial charge on any atom is 0.243 e. The van der Waals surface area contributed by atoms with Crippen LogP contribution >= 0.6 is 11.8 Å². The molecule has 1 aliphatic rings. The van der Waals surface area contributed by atoms with E-state index in [2.05, 4.69) is 5.32 Å². The highest BCUT2D eigenvalue weighted by Gasteiger charge is 2.28. The van der Waals surface area contributed by atoms with Crippen molar-refractivity contribution in [2.75, 3.05) is 22.9 Å². The highest BCUT2D eigenvalue weighted by molar-refractivity contribution is 7.99. The molecule has 5 nitrogen and oxygen atoms in total. The van der Waals surface area contributed by atoms with Crippen LogP contribution in [-0.4, -0.2) is 44.2 Å². The summed E-state index contributed by atoms with van der Waals surface area (Å²) in [5.41, 5.74) is 1.65. The topological polar surface area (TPSA) is 66.5 Å². The Labute approximate surface area is 162 Å². The highest BCUT2D eigenvalue weighted by Crippen LogP contribution is 2.29. The number of sulfonamides is 1. The molecule has 26 heavy (non-hydrogen) atoms. The van der Waals surface area contributed by atoms with E-state index in [9.17, 15) is 13.2 Å². The quantitative estimate of drug-likeness (QED) is 0.649. The molecule has 7 heteroatoms. The van der Waals surface area contributed by atoms with Gasteiger partial charge in [0.05, 0.1) is 11.9 Å². The Morgan fingerprint density at radius 2 is 1.88 bits per heavy atom. The van der Waals surface area contributed by atoms with Crippen LogP contribution in [0.5, 0.6) is 0 Å². The zero-order chi connectivity index (χ0) is 19.2. The average Bonchev–Trinajstić information content (AvgIpc) is 3.11. The first-order chi connectivity index (χ1) is 12.3. The van der Waals surface area contributed by atoms with Crippen LogP contribution in [0.15, 0.2) is 24.3 Å². The normalized spacial score (nSPS) is 16.4. The third-order valence-corrected chi connectivity index (χ3v) is 7.37. The summed E-state index contributed by atoms with van der Waals surface area (Å²) in [6, 6.07) is 6.54. The van der Waals surface area contributed by atoms with Gasteiger partial charge in [0.2, 0.25) is 15.9 Å². The molecule has 0 unspecified atom stereocenters. The maximum absolute atomic E-state index is 12.5. The van der Waals surface area contributed by atoms with E-state index in [0.29, 0.717) is 17.5 Å². The van der Waals surface area contributed by atoms with Crippen molar-refractivity contribution < 1.29 is 13.2 Å². The molecule has 1 amide bonds. The Bertz CT molecular complexity index is 683. The third-order valence-electron chi connectivity index (χ3n) is 4.74. The first-order valence-electron chi connectivity index (χ1n) is 9.30. The van der Waals surface area contributed by atoms with Crippen molar-refractivity contribution in [3.05, 3.63) is 29.8 Å². The second-order valence-corrected chi connectivity index (χ2v) is 10.1. The van der Waals surface area contributed by atoms with E-state index in [0.717, 1.165) is 24.0 Å². The number of anilines is 1. The third kappa shape index (κ3) is 5.91. The minimum atomic E-state index is -3.56. The zero-order valence-corrected chi connectivity index (χ0v) is 17.5. The van der Waals surface area contributed by atoms with Gasteiger partial charge in [-0.1, -0.05) is 31.9 Å². The number of benzene rings is 1. The first-order valence-corrected chi connectivity index (χ1v) is 12.2. The van der Waals surface area contributed by atoms with Crippen LogP contribution in [0.4, 0.5) is 5.69 Å². The van der Waals surface area contributed by atoms with Crippen molar-refractivity contribution in [2.24, 2.45) is 0 Å². The fraction of sp³-hybridized carbons (Fsp3) is 0.632.